The average Bonchev–Trinajstić information content (AvgIpc) is 3.77. The highest BCUT2D eigenvalue weighted by Gasteiger charge is 2.22. The van der Waals surface area contributed by atoms with E-state index in [1.54, 1.807) is 17.4 Å². The van der Waals surface area contributed by atoms with E-state index < -0.39 is 0 Å². The van der Waals surface area contributed by atoms with Crippen molar-refractivity contribution in [2.24, 2.45) is 0 Å². The Balaban J connectivity index is 1.19. The summed E-state index contributed by atoms with van der Waals surface area (Å²) in [7, 11) is 0. The van der Waals surface area contributed by atoms with Gasteiger partial charge in [0, 0.05) is 38.2 Å². The Labute approximate surface area is 303 Å². The van der Waals surface area contributed by atoms with Crippen molar-refractivity contribution in [3.05, 3.63) is 170 Å². The van der Waals surface area contributed by atoms with Gasteiger partial charge in [0.05, 0.1) is 21.6 Å². The Morgan fingerprint density at radius 3 is 2.17 bits per heavy atom. The number of benzene rings is 7. The zero-order valence-electron chi connectivity index (χ0n) is 27.8. The fraction of sp³-hybridized carbons (Fsp3) is 0. The number of aromatic hydroxyl groups is 1. The van der Waals surface area contributed by atoms with Crippen molar-refractivity contribution in [1.82, 2.24) is 14.5 Å². The maximum Gasteiger partial charge on any atom is 0.307 e. The van der Waals surface area contributed by atoms with Gasteiger partial charge < -0.3 is 9.84 Å². The van der Waals surface area contributed by atoms with Gasteiger partial charge in [0.2, 0.25) is 0 Å². The van der Waals surface area contributed by atoms with E-state index >= 15 is 0 Å². The van der Waals surface area contributed by atoms with Crippen molar-refractivity contribution < 1.29 is 9.84 Å². The van der Waals surface area contributed by atoms with Crippen molar-refractivity contribution in [2.75, 3.05) is 0 Å². The van der Waals surface area contributed by atoms with Crippen LogP contribution in [0.4, 0.5) is 0 Å². The van der Waals surface area contributed by atoms with E-state index in [2.05, 4.69) is 97.1 Å². The molecule has 0 unspecified atom stereocenters. The van der Waals surface area contributed by atoms with Crippen LogP contribution in [-0.4, -0.2) is 19.6 Å². The Morgan fingerprint density at radius 1 is 0.577 bits per heavy atom. The number of thiophene rings is 1. The summed E-state index contributed by atoms with van der Waals surface area (Å²) in [5.41, 5.74) is 8.65. The highest BCUT2D eigenvalue weighted by Crippen LogP contribution is 2.46. The molecule has 10 rings (SSSR count). The normalized spacial score (nSPS) is 11.5. The van der Waals surface area contributed by atoms with Gasteiger partial charge >= 0.3 is 6.01 Å². The van der Waals surface area contributed by atoms with E-state index in [-0.39, 0.29) is 5.75 Å². The predicted octanol–water partition coefficient (Wildman–Crippen LogP) is 12.4. The molecule has 6 heteroatoms. The first-order valence-corrected chi connectivity index (χ1v) is 17.9. The van der Waals surface area contributed by atoms with Crippen LogP contribution in [0.3, 0.4) is 0 Å². The summed E-state index contributed by atoms with van der Waals surface area (Å²) in [5.74, 6) is 0.456. The molecular weight excluding hydrogens is 659 g/mol. The number of para-hydroxylation sites is 2. The minimum atomic E-state index is 0.0639. The molecule has 0 spiro atoms. The average molecular weight is 688 g/mol. The minimum Gasteiger partial charge on any atom is -0.504 e. The second-order valence-electron chi connectivity index (χ2n) is 12.8. The lowest BCUT2D eigenvalue weighted by Crippen LogP contribution is -1.98. The molecule has 0 aliphatic rings. The number of fused-ring (bicyclic) bond motifs is 5. The molecule has 3 aromatic heterocycles. The quantitative estimate of drug-likeness (QED) is 0.189. The third-order valence-corrected chi connectivity index (χ3v) is 10.8. The Hall–Kier alpha value is -6.76. The lowest BCUT2D eigenvalue weighted by atomic mass is 9.94. The van der Waals surface area contributed by atoms with E-state index in [9.17, 15) is 5.11 Å². The maximum absolute atomic E-state index is 11.2. The zero-order chi connectivity index (χ0) is 34.6. The molecule has 3 heterocycles. The van der Waals surface area contributed by atoms with Crippen LogP contribution in [0.2, 0.25) is 0 Å². The molecule has 246 valence electrons. The van der Waals surface area contributed by atoms with Crippen LogP contribution in [0, 0.1) is 0 Å². The summed E-state index contributed by atoms with van der Waals surface area (Å²) in [6, 6.07) is 56.1. The van der Waals surface area contributed by atoms with E-state index in [1.807, 2.05) is 71.4 Å². The topological polar surface area (TPSA) is 60.2 Å². The largest absolute Gasteiger partial charge is 0.504 e. The summed E-state index contributed by atoms with van der Waals surface area (Å²) < 4.78 is 10.8. The molecule has 5 nitrogen and oxygen atoms in total. The highest BCUT2D eigenvalue weighted by molar-refractivity contribution is 7.26. The number of pyridine rings is 1. The third-order valence-electron chi connectivity index (χ3n) is 9.62. The number of ether oxygens (including phenoxy) is 1. The van der Waals surface area contributed by atoms with E-state index in [1.165, 1.54) is 0 Å². The smallest absolute Gasteiger partial charge is 0.307 e. The van der Waals surface area contributed by atoms with Crippen LogP contribution >= 0.6 is 11.3 Å². The molecule has 7 aromatic carbocycles. The van der Waals surface area contributed by atoms with Gasteiger partial charge in [0.15, 0.2) is 11.5 Å². The first-order chi connectivity index (χ1) is 25.7. The highest BCUT2D eigenvalue weighted by atomic mass is 32.1. The van der Waals surface area contributed by atoms with Crippen molar-refractivity contribution >= 4 is 53.3 Å². The summed E-state index contributed by atoms with van der Waals surface area (Å²) in [6.07, 6.45) is 1.94. The molecule has 0 saturated carbocycles. The molecule has 0 fully saturated rings. The molecule has 0 saturated heterocycles. The van der Waals surface area contributed by atoms with Gasteiger partial charge in [-0.05, 0) is 82.7 Å². The number of hydrogen-bond donors (Lipinski definition) is 1. The summed E-state index contributed by atoms with van der Waals surface area (Å²) in [4.78, 5) is 10.1. The Kier molecular flexibility index (Phi) is 7.08. The first-order valence-electron chi connectivity index (χ1n) is 17.1. The van der Waals surface area contributed by atoms with Crippen LogP contribution in [0.1, 0.15) is 0 Å². The monoisotopic (exact) mass is 687 g/mol. The van der Waals surface area contributed by atoms with Crippen LogP contribution in [-0.2, 0) is 0 Å². The van der Waals surface area contributed by atoms with Crippen molar-refractivity contribution in [3.63, 3.8) is 0 Å². The molecule has 0 radical (unpaired) electrons. The van der Waals surface area contributed by atoms with Gasteiger partial charge in [-0.3, -0.25) is 9.55 Å². The molecule has 0 amide bonds. The minimum absolute atomic E-state index is 0.0639. The lowest BCUT2D eigenvalue weighted by Gasteiger charge is -2.12. The first kappa shape index (κ1) is 30.1. The van der Waals surface area contributed by atoms with Crippen molar-refractivity contribution in [3.8, 4) is 56.7 Å². The van der Waals surface area contributed by atoms with E-state index in [0.29, 0.717) is 11.8 Å². The Bertz CT molecular complexity index is 2950. The second-order valence-corrected chi connectivity index (χ2v) is 13.9. The van der Waals surface area contributed by atoms with Crippen molar-refractivity contribution in [2.45, 2.75) is 0 Å². The maximum atomic E-state index is 11.2. The van der Waals surface area contributed by atoms with E-state index in [0.717, 1.165) is 81.2 Å². The van der Waals surface area contributed by atoms with Gasteiger partial charge in [-0.15, -0.1) is 11.3 Å². The van der Waals surface area contributed by atoms with E-state index in [4.69, 9.17) is 14.7 Å². The lowest BCUT2D eigenvalue weighted by molar-refractivity contribution is 0.394. The number of aromatic nitrogens is 3. The predicted molar refractivity (Wildman–Crippen MR) is 214 cm³/mol. The third kappa shape index (κ3) is 5.08. The molecule has 0 bridgehead atoms. The Morgan fingerprint density at radius 2 is 1.31 bits per heavy atom. The molecule has 0 aliphatic heterocycles. The number of hydrogen-bond acceptors (Lipinski definition) is 5. The number of phenolic OH excluding ortho intramolecular Hbond substituents is 1. The van der Waals surface area contributed by atoms with Crippen LogP contribution in [0.5, 0.6) is 17.5 Å². The molecule has 52 heavy (non-hydrogen) atoms. The van der Waals surface area contributed by atoms with Gasteiger partial charge in [0.25, 0.3) is 0 Å². The number of imidazole rings is 1. The SMILES string of the molecule is Oc1ccc2c(sc3ccccc32)c1Oc1nc2c(-c3cc(-c4ccccc4)cc(-c4cc5ccccc5cn4)c3)cccc2n1-c1ccccc1. The number of rotatable bonds is 6. The van der Waals surface area contributed by atoms with Crippen LogP contribution in [0.25, 0.3) is 81.2 Å². The molecule has 0 atom stereocenters. The van der Waals surface area contributed by atoms with Gasteiger partial charge in [-0.2, -0.15) is 4.98 Å². The molecule has 10 aromatic rings. The second kappa shape index (κ2) is 12.2. The fourth-order valence-electron chi connectivity index (χ4n) is 7.12. The van der Waals surface area contributed by atoms with Gasteiger partial charge in [0.1, 0.15) is 5.52 Å². The summed E-state index contributed by atoms with van der Waals surface area (Å²) in [5, 5.41) is 15.6. The number of phenols is 1. The molecule has 0 aliphatic carbocycles. The van der Waals surface area contributed by atoms with Crippen LogP contribution < -0.4 is 4.74 Å². The fourth-order valence-corrected chi connectivity index (χ4v) is 8.30. The molecular formula is C46H29N3O2S. The number of nitrogens with zero attached hydrogens (tertiary/aromatic N) is 3. The van der Waals surface area contributed by atoms with Crippen molar-refractivity contribution in [1.29, 1.82) is 0 Å². The standard InChI is InChI=1S/C46H29N3O2S/c50-41-23-22-38-37-18-9-10-21-42(37)52-45(38)44(41)51-46-48-43-36(19-11-20-40(43)49(46)35-16-5-2-6-17-35)33-24-32(29-12-3-1-4-13-29)25-34(26-33)39-27-30-14-7-8-15-31(30)28-47-39/h1-28,50H. The zero-order valence-corrected chi connectivity index (χ0v) is 28.6. The van der Waals surface area contributed by atoms with Gasteiger partial charge in [-0.25, -0.2) is 0 Å². The summed E-state index contributed by atoms with van der Waals surface area (Å²) in [6.45, 7) is 0. The van der Waals surface area contributed by atoms with Gasteiger partial charge in [-0.1, -0.05) is 103 Å². The molecule has 1 N–H and O–H groups in total. The summed E-state index contributed by atoms with van der Waals surface area (Å²) >= 11 is 1.60. The van der Waals surface area contributed by atoms with Crippen LogP contribution in [0.15, 0.2) is 170 Å².